The van der Waals surface area contributed by atoms with E-state index in [0.717, 1.165) is 44.0 Å². The Labute approximate surface area is 121 Å². The maximum Gasteiger partial charge on any atom is 0.222 e. The lowest BCUT2D eigenvalue weighted by Gasteiger charge is -2.37. The number of hydrogen-bond donors (Lipinski definition) is 2. The summed E-state index contributed by atoms with van der Waals surface area (Å²) in [6, 6.07) is 0.496. The zero-order chi connectivity index (χ0) is 14.3. The molecular formula is C15H25N5. The van der Waals surface area contributed by atoms with Crippen LogP contribution in [0.15, 0.2) is 0 Å². The summed E-state index contributed by atoms with van der Waals surface area (Å²) < 4.78 is 0. The zero-order valence-electron chi connectivity index (χ0n) is 12.7. The highest BCUT2D eigenvalue weighted by Crippen LogP contribution is 2.37. The van der Waals surface area contributed by atoms with E-state index in [1.54, 1.807) is 0 Å². The van der Waals surface area contributed by atoms with E-state index in [1.807, 2.05) is 0 Å². The number of hydrogen-bond acceptors (Lipinski definition) is 5. The van der Waals surface area contributed by atoms with Gasteiger partial charge in [-0.1, -0.05) is 13.8 Å². The number of piperazine rings is 1. The van der Waals surface area contributed by atoms with Gasteiger partial charge in [0.1, 0.15) is 5.82 Å². The second-order valence-electron chi connectivity index (χ2n) is 6.97. The molecule has 1 unspecified atom stereocenters. The minimum absolute atomic E-state index is 0.321. The quantitative estimate of drug-likeness (QED) is 0.810. The SMILES string of the molecule is CC1CN(c2nc(N)nc3c2CCC(C)(C)C3)CCN1. The number of nitrogens with zero attached hydrogens (tertiary/aromatic N) is 3. The Morgan fingerprint density at radius 1 is 1.35 bits per heavy atom. The molecule has 5 nitrogen and oxygen atoms in total. The number of rotatable bonds is 1. The lowest BCUT2D eigenvalue weighted by Crippen LogP contribution is -2.50. The van der Waals surface area contributed by atoms with Crippen LogP contribution in [0.1, 0.15) is 38.4 Å². The molecule has 1 aromatic rings. The van der Waals surface area contributed by atoms with Crippen LogP contribution in [-0.2, 0) is 12.8 Å². The van der Waals surface area contributed by atoms with Crippen LogP contribution in [0, 0.1) is 5.41 Å². The van der Waals surface area contributed by atoms with Gasteiger partial charge < -0.3 is 16.0 Å². The Morgan fingerprint density at radius 2 is 2.15 bits per heavy atom. The van der Waals surface area contributed by atoms with Crippen molar-refractivity contribution in [1.82, 2.24) is 15.3 Å². The fourth-order valence-electron chi connectivity index (χ4n) is 3.33. The summed E-state index contributed by atoms with van der Waals surface area (Å²) in [4.78, 5) is 11.4. The lowest BCUT2D eigenvalue weighted by molar-refractivity contribution is 0.310. The Morgan fingerprint density at radius 3 is 2.90 bits per heavy atom. The molecule has 0 radical (unpaired) electrons. The van der Waals surface area contributed by atoms with Gasteiger partial charge in [0, 0.05) is 31.2 Å². The van der Waals surface area contributed by atoms with E-state index in [1.165, 1.54) is 12.0 Å². The highest BCUT2D eigenvalue weighted by atomic mass is 15.3. The molecule has 20 heavy (non-hydrogen) atoms. The third-order valence-corrected chi connectivity index (χ3v) is 4.45. The number of nitrogens with two attached hydrogens (primary N) is 1. The van der Waals surface area contributed by atoms with Crippen LogP contribution in [0.3, 0.4) is 0 Å². The first-order valence-electron chi connectivity index (χ1n) is 7.58. The van der Waals surface area contributed by atoms with Crippen LogP contribution in [0.5, 0.6) is 0 Å². The number of nitrogen functional groups attached to an aromatic ring is 1. The molecule has 0 aromatic carbocycles. The molecule has 110 valence electrons. The first kappa shape index (κ1) is 13.6. The molecule has 2 aliphatic rings. The summed E-state index contributed by atoms with van der Waals surface area (Å²) in [7, 11) is 0. The number of aromatic nitrogens is 2. The molecule has 0 saturated carbocycles. The molecule has 0 bridgehead atoms. The Kier molecular flexibility index (Phi) is 3.32. The number of nitrogens with one attached hydrogen (secondary N) is 1. The van der Waals surface area contributed by atoms with Gasteiger partial charge in [-0.05, 0) is 31.6 Å². The topological polar surface area (TPSA) is 67.1 Å². The van der Waals surface area contributed by atoms with Crippen molar-refractivity contribution in [1.29, 1.82) is 0 Å². The summed E-state index contributed by atoms with van der Waals surface area (Å²) in [5.74, 6) is 1.50. The Hall–Kier alpha value is -1.36. The van der Waals surface area contributed by atoms with Gasteiger partial charge in [-0.3, -0.25) is 0 Å². The lowest BCUT2D eigenvalue weighted by atomic mass is 9.76. The largest absolute Gasteiger partial charge is 0.368 e. The van der Waals surface area contributed by atoms with Crippen LogP contribution in [0.25, 0.3) is 0 Å². The van der Waals surface area contributed by atoms with Gasteiger partial charge in [-0.25, -0.2) is 4.98 Å². The minimum Gasteiger partial charge on any atom is -0.368 e. The fraction of sp³-hybridized carbons (Fsp3) is 0.733. The van der Waals surface area contributed by atoms with Crippen molar-refractivity contribution in [3.63, 3.8) is 0 Å². The van der Waals surface area contributed by atoms with Gasteiger partial charge in [0.15, 0.2) is 0 Å². The van der Waals surface area contributed by atoms with Gasteiger partial charge in [-0.15, -0.1) is 0 Å². The predicted octanol–water partition coefficient (Wildman–Crippen LogP) is 1.37. The monoisotopic (exact) mass is 275 g/mol. The van der Waals surface area contributed by atoms with Crippen molar-refractivity contribution in [2.75, 3.05) is 30.3 Å². The molecule has 1 aliphatic heterocycles. The molecule has 1 saturated heterocycles. The number of anilines is 2. The van der Waals surface area contributed by atoms with Crippen LogP contribution >= 0.6 is 0 Å². The zero-order valence-corrected chi connectivity index (χ0v) is 12.7. The first-order chi connectivity index (χ1) is 9.44. The van der Waals surface area contributed by atoms with Gasteiger partial charge in [0.05, 0.1) is 5.69 Å². The second-order valence-corrected chi connectivity index (χ2v) is 6.97. The van der Waals surface area contributed by atoms with Gasteiger partial charge in [0.2, 0.25) is 5.95 Å². The van der Waals surface area contributed by atoms with Gasteiger partial charge >= 0.3 is 0 Å². The van der Waals surface area contributed by atoms with E-state index in [9.17, 15) is 0 Å². The van der Waals surface area contributed by atoms with E-state index < -0.39 is 0 Å². The molecule has 1 atom stereocenters. The molecule has 0 spiro atoms. The van der Waals surface area contributed by atoms with Crippen molar-refractivity contribution in [2.45, 2.75) is 46.1 Å². The van der Waals surface area contributed by atoms with Crippen molar-refractivity contribution in [2.24, 2.45) is 5.41 Å². The van der Waals surface area contributed by atoms with Crippen LogP contribution in [0.4, 0.5) is 11.8 Å². The summed E-state index contributed by atoms with van der Waals surface area (Å²) >= 11 is 0. The molecule has 3 N–H and O–H groups in total. The normalized spacial score (nSPS) is 25.4. The van der Waals surface area contributed by atoms with E-state index in [4.69, 9.17) is 5.73 Å². The summed E-state index contributed by atoms with van der Waals surface area (Å²) in [5, 5.41) is 3.47. The molecule has 5 heteroatoms. The van der Waals surface area contributed by atoms with E-state index in [-0.39, 0.29) is 0 Å². The van der Waals surface area contributed by atoms with Crippen molar-refractivity contribution in [3.8, 4) is 0 Å². The van der Waals surface area contributed by atoms with Gasteiger partial charge in [-0.2, -0.15) is 4.98 Å². The molecule has 1 aromatic heterocycles. The van der Waals surface area contributed by atoms with Crippen LogP contribution < -0.4 is 16.0 Å². The molecule has 0 amide bonds. The molecule has 3 rings (SSSR count). The second kappa shape index (κ2) is 4.88. The molecular weight excluding hydrogens is 250 g/mol. The summed E-state index contributed by atoms with van der Waals surface area (Å²) in [5.41, 5.74) is 8.76. The molecule has 1 aliphatic carbocycles. The minimum atomic E-state index is 0.321. The van der Waals surface area contributed by atoms with E-state index in [2.05, 4.69) is 41.0 Å². The van der Waals surface area contributed by atoms with Crippen LogP contribution in [-0.4, -0.2) is 35.6 Å². The van der Waals surface area contributed by atoms with E-state index >= 15 is 0 Å². The van der Waals surface area contributed by atoms with Crippen LogP contribution in [0.2, 0.25) is 0 Å². The Bertz CT molecular complexity index is 511. The highest BCUT2D eigenvalue weighted by molar-refractivity contribution is 5.53. The third kappa shape index (κ3) is 2.59. The van der Waals surface area contributed by atoms with Gasteiger partial charge in [0.25, 0.3) is 0 Å². The van der Waals surface area contributed by atoms with Crippen molar-refractivity contribution < 1.29 is 0 Å². The van der Waals surface area contributed by atoms with Crippen molar-refractivity contribution >= 4 is 11.8 Å². The average molecular weight is 275 g/mol. The first-order valence-corrected chi connectivity index (χ1v) is 7.58. The summed E-state index contributed by atoms with van der Waals surface area (Å²) in [6.45, 7) is 9.82. The fourth-order valence-corrected chi connectivity index (χ4v) is 3.33. The predicted molar refractivity (Wildman–Crippen MR) is 81.9 cm³/mol. The summed E-state index contributed by atoms with van der Waals surface area (Å²) in [6.07, 6.45) is 3.27. The smallest absolute Gasteiger partial charge is 0.222 e. The van der Waals surface area contributed by atoms with E-state index in [0.29, 0.717) is 17.4 Å². The maximum atomic E-state index is 5.95. The molecule has 1 fully saturated rings. The van der Waals surface area contributed by atoms with Crippen molar-refractivity contribution in [3.05, 3.63) is 11.3 Å². The maximum absolute atomic E-state index is 5.95. The Balaban J connectivity index is 1.97. The highest BCUT2D eigenvalue weighted by Gasteiger charge is 2.31. The average Bonchev–Trinajstić information content (AvgIpc) is 2.36. The third-order valence-electron chi connectivity index (χ3n) is 4.45. The number of fused-ring (bicyclic) bond motifs is 1. The standard InChI is InChI=1S/C15H25N5/c1-10-9-20(7-6-17-10)13-11-4-5-15(2,3)8-12(11)18-14(16)19-13/h10,17H,4-9H2,1-3H3,(H2,16,18,19). The molecule has 2 heterocycles.